The number of hydrogen-bond acceptors (Lipinski definition) is 6. The summed E-state index contributed by atoms with van der Waals surface area (Å²) in [6.07, 6.45) is 0.309. The minimum Gasteiger partial charge on any atom is -0.460 e. The molecule has 0 aliphatic carbocycles. The first kappa shape index (κ1) is 23.2. The fraction of sp³-hybridized carbons (Fsp3) is 0.850. The summed E-state index contributed by atoms with van der Waals surface area (Å²) < 4.78 is 16.3. The van der Waals surface area contributed by atoms with Crippen LogP contribution in [0.5, 0.6) is 0 Å². The van der Waals surface area contributed by atoms with Gasteiger partial charge in [-0.2, -0.15) is 0 Å². The lowest BCUT2D eigenvalue weighted by Crippen LogP contribution is -2.49. The van der Waals surface area contributed by atoms with Gasteiger partial charge in [-0.15, -0.1) is 0 Å². The summed E-state index contributed by atoms with van der Waals surface area (Å²) in [4.78, 5) is 39.0. The molecule has 7 nitrogen and oxygen atoms in total. The average molecular weight is 386 g/mol. The van der Waals surface area contributed by atoms with Crippen LogP contribution in [0.1, 0.15) is 81.6 Å². The van der Waals surface area contributed by atoms with Crippen LogP contribution in [-0.2, 0) is 23.8 Å². The van der Waals surface area contributed by atoms with Crippen LogP contribution in [0.15, 0.2) is 0 Å². The van der Waals surface area contributed by atoms with E-state index in [1.54, 1.807) is 62.3 Å². The summed E-state index contributed by atoms with van der Waals surface area (Å²) in [5, 5.41) is 0. The number of rotatable bonds is 3. The van der Waals surface area contributed by atoms with Crippen LogP contribution in [0, 0.1) is 0 Å². The number of carbonyl (C=O) groups excluding carboxylic acids is 3. The third-order valence-corrected chi connectivity index (χ3v) is 3.61. The number of nitrogens with zero attached hydrogens (tertiary/aromatic N) is 1. The SMILES string of the molecule is CC(C)(C)OC(=O)C[C@@H]1CC[C@@H](C(=O)OC(C)(C)C)N1C(=O)OC(C)(C)C. The predicted molar refractivity (Wildman–Crippen MR) is 101 cm³/mol. The second-order valence-corrected chi connectivity index (χ2v) is 9.96. The molecule has 0 unspecified atom stereocenters. The van der Waals surface area contributed by atoms with Crippen LogP contribution in [0.4, 0.5) is 4.79 Å². The molecule has 0 spiro atoms. The van der Waals surface area contributed by atoms with Crippen LogP contribution in [0.3, 0.4) is 0 Å². The summed E-state index contributed by atoms with van der Waals surface area (Å²) in [6, 6.07) is -1.24. The maximum absolute atomic E-state index is 12.8. The number of likely N-dealkylation sites (tertiary alicyclic amines) is 1. The third-order valence-electron chi connectivity index (χ3n) is 3.61. The zero-order chi connectivity index (χ0) is 21.2. The number of ether oxygens (including phenoxy) is 3. The third kappa shape index (κ3) is 8.18. The Morgan fingerprint density at radius 2 is 1.26 bits per heavy atom. The van der Waals surface area contributed by atoms with Gasteiger partial charge in [-0.05, 0) is 75.2 Å². The summed E-state index contributed by atoms with van der Waals surface area (Å²) >= 11 is 0. The predicted octanol–water partition coefficient (Wildman–Crippen LogP) is 3.83. The van der Waals surface area contributed by atoms with E-state index in [9.17, 15) is 14.4 Å². The molecular weight excluding hydrogens is 350 g/mol. The number of esters is 2. The molecule has 1 aliphatic rings. The lowest BCUT2D eigenvalue weighted by Gasteiger charge is -2.33. The molecule has 2 atom stereocenters. The number of carbonyl (C=O) groups is 3. The molecule has 1 heterocycles. The van der Waals surface area contributed by atoms with Crippen LogP contribution in [-0.4, -0.2) is 51.8 Å². The Morgan fingerprint density at radius 3 is 1.70 bits per heavy atom. The van der Waals surface area contributed by atoms with Crippen LogP contribution in [0.2, 0.25) is 0 Å². The van der Waals surface area contributed by atoms with E-state index >= 15 is 0 Å². The minimum absolute atomic E-state index is 0.00973. The molecule has 0 aromatic carbocycles. The average Bonchev–Trinajstić information content (AvgIpc) is 2.75. The minimum atomic E-state index is -0.772. The Balaban J connectivity index is 3.00. The van der Waals surface area contributed by atoms with Crippen molar-refractivity contribution < 1.29 is 28.6 Å². The summed E-state index contributed by atoms with van der Waals surface area (Å²) in [7, 11) is 0. The molecule has 7 heteroatoms. The van der Waals surface area contributed by atoms with Crippen LogP contribution >= 0.6 is 0 Å². The van der Waals surface area contributed by atoms with Gasteiger partial charge >= 0.3 is 18.0 Å². The molecule has 1 aliphatic heterocycles. The normalized spacial score (nSPS) is 21.0. The second kappa shape index (κ2) is 8.07. The van der Waals surface area contributed by atoms with Crippen molar-refractivity contribution in [2.45, 2.75) is 110 Å². The Hall–Kier alpha value is -1.79. The van der Waals surface area contributed by atoms with E-state index in [2.05, 4.69) is 0 Å². The Labute approximate surface area is 162 Å². The fourth-order valence-electron chi connectivity index (χ4n) is 2.85. The van der Waals surface area contributed by atoms with E-state index in [0.717, 1.165) is 0 Å². The maximum atomic E-state index is 12.8. The van der Waals surface area contributed by atoms with Gasteiger partial charge in [0, 0.05) is 6.04 Å². The standard InChI is InChI=1S/C20H35NO6/c1-18(2,3)25-15(22)12-13-10-11-14(16(23)26-19(4,5)6)21(13)17(24)27-20(7,8)9/h13-14H,10-12H2,1-9H3/t13-,14-/m0/s1. The molecule has 27 heavy (non-hydrogen) atoms. The van der Waals surface area contributed by atoms with Gasteiger partial charge in [0.25, 0.3) is 0 Å². The molecule has 0 bridgehead atoms. The van der Waals surface area contributed by atoms with Gasteiger partial charge in [0.2, 0.25) is 0 Å². The van der Waals surface area contributed by atoms with E-state index in [-0.39, 0.29) is 6.42 Å². The smallest absolute Gasteiger partial charge is 0.411 e. The molecule has 0 saturated carbocycles. The van der Waals surface area contributed by atoms with Gasteiger partial charge in [-0.1, -0.05) is 0 Å². The summed E-state index contributed by atoms with van der Waals surface area (Å²) in [5.41, 5.74) is -1.99. The molecule has 1 rings (SSSR count). The van der Waals surface area contributed by atoms with Crippen LogP contribution < -0.4 is 0 Å². The van der Waals surface area contributed by atoms with E-state index in [4.69, 9.17) is 14.2 Å². The van der Waals surface area contributed by atoms with Crippen molar-refractivity contribution in [2.75, 3.05) is 0 Å². The molecule has 1 fully saturated rings. The van der Waals surface area contributed by atoms with Crippen molar-refractivity contribution in [3.05, 3.63) is 0 Å². The molecule has 1 saturated heterocycles. The lowest BCUT2D eigenvalue weighted by atomic mass is 10.1. The highest BCUT2D eigenvalue weighted by molar-refractivity contribution is 5.83. The fourth-order valence-corrected chi connectivity index (χ4v) is 2.85. The first-order valence-corrected chi connectivity index (χ1v) is 9.44. The number of hydrogen-bond donors (Lipinski definition) is 0. The van der Waals surface area contributed by atoms with E-state index < -0.39 is 46.9 Å². The highest BCUT2D eigenvalue weighted by Crippen LogP contribution is 2.31. The second-order valence-electron chi connectivity index (χ2n) is 9.96. The highest BCUT2D eigenvalue weighted by atomic mass is 16.6. The number of amides is 1. The van der Waals surface area contributed by atoms with Gasteiger partial charge in [0.15, 0.2) is 0 Å². The van der Waals surface area contributed by atoms with Crippen LogP contribution in [0.25, 0.3) is 0 Å². The molecule has 156 valence electrons. The molecule has 0 radical (unpaired) electrons. The summed E-state index contributed by atoms with van der Waals surface area (Å²) in [5.74, 6) is -0.897. The monoisotopic (exact) mass is 385 g/mol. The Kier molecular flexibility index (Phi) is 6.95. The first-order chi connectivity index (χ1) is 12.0. The van der Waals surface area contributed by atoms with Crippen molar-refractivity contribution in [3.8, 4) is 0 Å². The topological polar surface area (TPSA) is 82.1 Å². The molecule has 1 amide bonds. The van der Waals surface area contributed by atoms with Crippen molar-refractivity contribution in [3.63, 3.8) is 0 Å². The van der Waals surface area contributed by atoms with Gasteiger partial charge in [0.05, 0.1) is 6.42 Å². The van der Waals surface area contributed by atoms with Gasteiger partial charge in [0.1, 0.15) is 22.8 Å². The van der Waals surface area contributed by atoms with E-state index in [1.807, 2.05) is 0 Å². The van der Waals surface area contributed by atoms with E-state index in [0.29, 0.717) is 12.8 Å². The maximum Gasteiger partial charge on any atom is 0.411 e. The Bertz CT molecular complexity index is 564. The molecule has 0 N–H and O–H groups in total. The lowest BCUT2D eigenvalue weighted by molar-refractivity contribution is -0.162. The zero-order valence-electron chi connectivity index (χ0n) is 18.2. The highest BCUT2D eigenvalue weighted by Gasteiger charge is 2.45. The Morgan fingerprint density at radius 1 is 0.778 bits per heavy atom. The quantitative estimate of drug-likeness (QED) is 0.542. The zero-order valence-corrected chi connectivity index (χ0v) is 18.2. The van der Waals surface area contributed by atoms with E-state index in [1.165, 1.54) is 4.90 Å². The van der Waals surface area contributed by atoms with Crippen molar-refractivity contribution in [1.82, 2.24) is 4.90 Å². The van der Waals surface area contributed by atoms with Crippen molar-refractivity contribution >= 4 is 18.0 Å². The van der Waals surface area contributed by atoms with Crippen molar-refractivity contribution in [2.24, 2.45) is 0 Å². The molecule has 0 aromatic heterocycles. The summed E-state index contributed by atoms with van der Waals surface area (Å²) in [6.45, 7) is 15.9. The molecular formula is C20H35NO6. The van der Waals surface area contributed by atoms with Gasteiger partial charge in [-0.3, -0.25) is 9.69 Å². The van der Waals surface area contributed by atoms with Crippen molar-refractivity contribution in [1.29, 1.82) is 0 Å². The van der Waals surface area contributed by atoms with Gasteiger partial charge < -0.3 is 14.2 Å². The largest absolute Gasteiger partial charge is 0.460 e. The van der Waals surface area contributed by atoms with Gasteiger partial charge in [-0.25, -0.2) is 9.59 Å². The first-order valence-electron chi connectivity index (χ1n) is 9.44. The molecule has 0 aromatic rings.